The molecule has 0 unspecified atom stereocenters. The minimum absolute atomic E-state index is 0.509. The molecule has 0 amide bonds. The van der Waals surface area contributed by atoms with Crippen molar-refractivity contribution in [2.24, 2.45) is 0 Å². The third-order valence-electron chi connectivity index (χ3n) is 3.30. The van der Waals surface area contributed by atoms with Crippen molar-refractivity contribution < 1.29 is 0 Å². The molecule has 0 aliphatic heterocycles. The Bertz CT molecular complexity index is 732. The van der Waals surface area contributed by atoms with Crippen molar-refractivity contribution in [3.63, 3.8) is 0 Å². The summed E-state index contributed by atoms with van der Waals surface area (Å²) in [6, 6.07) is 12.9. The van der Waals surface area contributed by atoms with Crippen LogP contribution >= 0.6 is 11.3 Å². The van der Waals surface area contributed by atoms with Crippen molar-refractivity contribution in [2.45, 2.75) is 26.7 Å². The largest absolute Gasteiger partial charge is 0.257 e. The summed E-state index contributed by atoms with van der Waals surface area (Å²) in [6.45, 7) is 6.58. The van der Waals surface area contributed by atoms with Gasteiger partial charge in [-0.05, 0) is 24.0 Å². The molecular weight excluding hydrogens is 238 g/mol. The summed E-state index contributed by atoms with van der Waals surface area (Å²) < 4.78 is 2.54. The van der Waals surface area contributed by atoms with Gasteiger partial charge in [-0.2, -0.15) is 0 Å². The van der Waals surface area contributed by atoms with E-state index in [9.17, 15) is 0 Å². The lowest BCUT2D eigenvalue weighted by Gasteiger charge is -2.06. The Kier molecular flexibility index (Phi) is 2.75. The van der Waals surface area contributed by atoms with E-state index in [1.807, 2.05) is 11.3 Å². The molecule has 3 aromatic rings. The Morgan fingerprint density at radius 3 is 2.33 bits per heavy atom. The van der Waals surface area contributed by atoms with Crippen LogP contribution in [-0.2, 0) is 0 Å². The molecule has 0 N–H and O–H groups in total. The minimum Gasteiger partial charge on any atom is -0.237 e. The van der Waals surface area contributed by atoms with E-state index in [0.717, 1.165) is 5.52 Å². The van der Waals surface area contributed by atoms with E-state index in [4.69, 9.17) is 4.98 Å². The van der Waals surface area contributed by atoms with Gasteiger partial charge in [-0.3, -0.25) is 0 Å². The summed E-state index contributed by atoms with van der Waals surface area (Å²) in [7, 11) is 0. The van der Waals surface area contributed by atoms with Gasteiger partial charge in [-0.25, -0.2) is 4.98 Å². The average Bonchev–Trinajstić information content (AvgIpc) is 2.36. The van der Waals surface area contributed by atoms with Crippen molar-refractivity contribution in [3.8, 4) is 0 Å². The first-order chi connectivity index (χ1) is 8.66. The average molecular weight is 254 g/mol. The van der Waals surface area contributed by atoms with Crippen molar-refractivity contribution in [2.75, 3.05) is 0 Å². The zero-order valence-corrected chi connectivity index (χ0v) is 11.7. The first kappa shape index (κ1) is 11.5. The van der Waals surface area contributed by atoms with Crippen LogP contribution in [-0.4, -0.2) is 4.98 Å². The molecule has 0 saturated carbocycles. The Morgan fingerprint density at radius 1 is 0.944 bits per heavy atom. The number of aromatic nitrogens is 1. The van der Waals surface area contributed by atoms with Crippen LogP contribution in [0.5, 0.6) is 0 Å². The molecule has 0 aliphatic rings. The van der Waals surface area contributed by atoms with Gasteiger partial charge in [-0.15, -0.1) is 0 Å². The molecular formula is C16H16NS+. The van der Waals surface area contributed by atoms with Crippen LogP contribution in [0.2, 0.25) is 0 Å². The lowest BCUT2D eigenvalue weighted by Crippen LogP contribution is -1.92. The van der Waals surface area contributed by atoms with E-state index in [1.54, 1.807) is 0 Å². The minimum atomic E-state index is 0.509. The van der Waals surface area contributed by atoms with Gasteiger partial charge in [-0.1, -0.05) is 38.1 Å². The first-order valence-electron chi connectivity index (χ1n) is 6.29. The normalized spacial score (nSPS) is 11.6. The molecule has 0 radical (unpaired) electrons. The van der Waals surface area contributed by atoms with Gasteiger partial charge in [0.1, 0.15) is 11.0 Å². The van der Waals surface area contributed by atoms with Crippen LogP contribution in [0.3, 0.4) is 0 Å². The standard InChI is InChI=1S/C16H16NS/c1-10(2)12-7-5-9-14-16(12)17-15-11(3)6-4-8-13(15)18-14/h4-10H,1-3H3/q+1. The maximum atomic E-state index is 4.91. The smallest absolute Gasteiger partial charge is 0.237 e. The van der Waals surface area contributed by atoms with Gasteiger partial charge in [0.05, 0.1) is 0 Å². The molecule has 0 bridgehead atoms. The molecule has 1 aromatic heterocycles. The maximum absolute atomic E-state index is 4.91. The van der Waals surface area contributed by atoms with Crippen LogP contribution in [0.4, 0.5) is 0 Å². The lowest BCUT2D eigenvalue weighted by atomic mass is 10.0. The number of hydrogen-bond acceptors (Lipinski definition) is 1. The van der Waals surface area contributed by atoms with E-state index in [-0.39, 0.29) is 0 Å². The zero-order chi connectivity index (χ0) is 12.7. The fourth-order valence-electron chi connectivity index (χ4n) is 2.30. The predicted octanol–water partition coefficient (Wildman–Crippen LogP) is 5.16. The monoisotopic (exact) mass is 254 g/mol. The molecule has 2 aromatic carbocycles. The first-order valence-corrected chi connectivity index (χ1v) is 7.10. The van der Waals surface area contributed by atoms with Crippen LogP contribution in [0.15, 0.2) is 36.4 Å². The van der Waals surface area contributed by atoms with Crippen LogP contribution in [0, 0.1) is 6.92 Å². The second kappa shape index (κ2) is 4.29. The number of hydrogen-bond donors (Lipinski definition) is 0. The Hall–Kier alpha value is -1.54. The highest BCUT2D eigenvalue weighted by atomic mass is 32.1. The topological polar surface area (TPSA) is 12.9 Å². The molecule has 90 valence electrons. The highest BCUT2D eigenvalue weighted by molar-refractivity contribution is 7.24. The summed E-state index contributed by atoms with van der Waals surface area (Å²) in [5.74, 6) is 0.509. The molecule has 1 heterocycles. The number of fused-ring (bicyclic) bond motifs is 2. The van der Waals surface area contributed by atoms with Gasteiger partial charge in [0.25, 0.3) is 9.40 Å². The number of nitrogens with zero attached hydrogens (tertiary/aromatic N) is 1. The van der Waals surface area contributed by atoms with Gasteiger partial charge in [0.15, 0.2) is 0 Å². The summed E-state index contributed by atoms with van der Waals surface area (Å²) >= 11 is 1.83. The van der Waals surface area contributed by atoms with E-state index >= 15 is 0 Å². The molecule has 0 fully saturated rings. The van der Waals surface area contributed by atoms with E-state index in [1.165, 1.54) is 26.0 Å². The van der Waals surface area contributed by atoms with Crippen molar-refractivity contribution in [1.29, 1.82) is 0 Å². The third-order valence-corrected chi connectivity index (χ3v) is 4.40. The molecule has 1 nitrogen and oxygen atoms in total. The highest BCUT2D eigenvalue weighted by Crippen LogP contribution is 2.31. The molecule has 0 saturated heterocycles. The molecule has 3 rings (SSSR count). The van der Waals surface area contributed by atoms with Crippen LogP contribution in [0.25, 0.3) is 20.4 Å². The second-order valence-corrected chi connectivity index (χ2v) is 6.07. The number of para-hydroxylation sites is 2. The van der Waals surface area contributed by atoms with Gasteiger partial charge in [0.2, 0.25) is 11.3 Å². The van der Waals surface area contributed by atoms with E-state index in [2.05, 4.69) is 57.2 Å². The van der Waals surface area contributed by atoms with Crippen molar-refractivity contribution in [1.82, 2.24) is 4.98 Å². The molecule has 2 heteroatoms. The second-order valence-electron chi connectivity index (χ2n) is 4.98. The summed E-state index contributed by atoms with van der Waals surface area (Å²) in [5, 5.41) is 0. The molecule has 0 atom stereocenters. The fraction of sp³-hybridized carbons (Fsp3) is 0.250. The fourth-order valence-corrected chi connectivity index (χ4v) is 3.39. The maximum Gasteiger partial charge on any atom is 0.257 e. The van der Waals surface area contributed by atoms with E-state index < -0.39 is 0 Å². The quantitative estimate of drug-likeness (QED) is 0.431. The zero-order valence-electron chi connectivity index (χ0n) is 10.9. The Labute approximate surface area is 111 Å². The highest BCUT2D eigenvalue weighted by Gasteiger charge is 2.17. The summed E-state index contributed by atoms with van der Waals surface area (Å²) in [6.07, 6.45) is 0. The SMILES string of the molecule is Cc1cccc2[s+]c3cccc(C(C)C)c3nc12. The molecule has 18 heavy (non-hydrogen) atoms. The molecule has 0 aliphatic carbocycles. The number of aryl methyl sites for hydroxylation is 1. The lowest BCUT2D eigenvalue weighted by molar-refractivity contribution is 0.874. The number of benzene rings is 2. The predicted molar refractivity (Wildman–Crippen MR) is 80.4 cm³/mol. The Morgan fingerprint density at radius 2 is 1.61 bits per heavy atom. The Balaban J connectivity index is 2.46. The summed E-state index contributed by atoms with van der Waals surface area (Å²) in [4.78, 5) is 4.91. The van der Waals surface area contributed by atoms with Crippen LogP contribution < -0.4 is 0 Å². The summed E-state index contributed by atoms with van der Waals surface area (Å²) in [5.41, 5.74) is 4.90. The van der Waals surface area contributed by atoms with E-state index in [0.29, 0.717) is 5.92 Å². The van der Waals surface area contributed by atoms with Crippen molar-refractivity contribution in [3.05, 3.63) is 47.5 Å². The van der Waals surface area contributed by atoms with Gasteiger partial charge in [0, 0.05) is 12.1 Å². The third kappa shape index (κ3) is 1.77. The van der Waals surface area contributed by atoms with Gasteiger partial charge >= 0.3 is 0 Å². The molecule has 0 spiro atoms. The van der Waals surface area contributed by atoms with Gasteiger partial charge < -0.3 is 0 Å². The van der Waals surface area contributed by atoms with Crippen molar-refractivity contribution >= 4 is 31.8 Å². The number of rotatable bonds is 1. The van der Waals surface area contributed by atoms with Crippen LogP contribution in [0.1, 0.15) is 30.9 Å².